The molecule has 1 aromatic heterocycles. The maximum atomic E-state index is 5.89. The molecule has 0 radical (unpaired) electrons. The van der Waals surface area contributed by atoms with Crippen molar-refractivity contribution in [3.05, 3.63) is 65.9 Å². The zero-order chi connectivity index (χ0) is 14.7. The molecule has 108 valence electrons. The fourth-order valence-corrected chi connectivity index (χ4v) is 2.45. The topological polar surface area (TPSA) is 34.4 Å². The molecular weight excluding hydrogens is 262 g/mol. The number of benzene rings is 2. The van der Waals surface area contributed by atoms with E-state index in [1.165, 1.54) is 5.56 Å². The Kier molecular flexibility index (Phi) is 3.93. The quantitative estimate of drug-likeness (QED) is 0.757. The van der Waals surface area contributed by atoms with Crippen LogP contribution >= 0.6 is 0 Å². The predicted octanol–water partition coefficient (Wildman–Crippen LogP) is 4.29. The lowest BCUT2D eigenvalue weighted by Crippen LogP contribution is -2.17. The van der Waals surface area contributed by atoms with Crippen molar-refractivity contribution in [1.82, 2.24) is 5.32 Å². The van der Waals surface area contributed by atoms with Gasteiger partial charge in [0.05, 0.1) is 13.7 Å². The van der Waals surface area contributed by atoms with Crippen LogP contribution in [-0.4, -0.2) is 7.11 Å². The lowest BCUT2D eigenvalue weighted by Gasteiger charge is -2.12. The van der Waals surface area contributed by atoms with Crippen LogP contribution in [0.3, 0.4) is 0 Å². The molecule has 1 N–H and O–H groups in total. The van der Waals surface area contributed by atoms with E-state index in [0.29, 0.717) is 6.54 Å². The average Bonchev–Trinajstić information content (AvgIpc) is 2.96. The maximum absolute atomic E-state index is 5.89. The zero-order valence-corrected chi connectivity index (χ0v) is 12.3. The third-order valence-corrected chi connectivity index (χ3v) is 3.66. The van der Waals surface area contributed by atoms with E-state index in [0.717, 1.165) is 22.5 Å². The number of hydrogen-bond acceptors (Lipinski definition) is 3. The van der Waals surface area contributed by atoms with Crippen LogP contribution < -0.4 is 10.1 Å². The Morgan fingerprint density at radius 2 is 1.90 bits per heavy atom. The van der Waals surface area contributed by atoms with Gasteiger partial charge in [-0.3, -0.25) is 0 Å². The van der Waals surface area contributed by atoms with Gasteiger partial charge in [-0.05, 0) is 24.6 Å². The summed E-state index contributed by atoms with van der Waals surface area (Å²) in [6, 6.07) is 18.6. The Bertz CT molecular complexity index is 718. The molecule has 1 unspecified atom stereocenters. The predicted molar refractivity (Wildman–Crippen MR) is 84.5 cm³/mol. The number of fused-ring (bicyclic) bond motifs is 1. The molecule has 3 rings (SSSR count). The summed E-state index contributed by atoms with van der Waals surface area (Å²) in [6.45, 7) is 2.84. The Hall–Kier alpha value is -2.26. The Labute approximate surface area is 124 Å². The van der Waals surface area contributed by atoms with Gasteiger partial charge in [0.2, 0.25) is 0 Å². The summed E-state index contributed by atoms with van der Waals surface area (Å²) in [5.74, 6) is 1.69. The molecule has 0 aliphatic rings. The van der Waals surface area contributed by atoms with Crippen LogP contribution in [0.25, 0.3) is 11.0 Å². The lowest BCUT2D eigenvalue weighted by molar-refractivity contribution is 0.405. The fraction of sp³-hybridized carbons (Fsp3) is 0.222. The van der Waals surface area contributed by atoms with E-state index in [1.54, 1.807) is 7.11 Å². The van der Waals surface area contributed by atoms with Gasteiger partial charge in [-0.1, -0.05) is 42.5 Å². The van der Waals surface area contributed by atoms with Gasteiger partial charge in [-0.15, -0.1) is 0 Å². The minimum atomic E-state index is 0.279. The number of ether oxygens (including phenoxy) is 1. The first kappa shape index (κ1) is 13.7. The average molecular weight is 281 g/mol. The molecule has 1 atom stereocenters. The molecule has 0 amide bonds. The summed E-state index contributed by atoms with van der Waals surface area (Å²) in [5, 5.41) is 4.55. The first-order valence-electron chi connectivity index (χ1n) is 7.11. The van der Waals surface area contributed by atoms with Gasteiger partial charge in [-0.25, -0.2) is 0 Å². The van der Waals surface area contributed by atoms with Crippen molar-refractivity contribution in [3.63, 3.8) is 0 Å². The van der Waals surface area contributed by atoms with Crippen LogP contribution in [0.15, 0.2) is 59.0 Å². The first-order valence-corrected chi connectivity index (χ1v) is 7.11. The van der Waals surface area contributed by atoms with E-state index in [1.807, 2.05) is 24.3 Å². The normalized spacial score (nSPS) is 12.5. The SMILES string of the molecule is COc1cccc2cc(CNC(C)c3ccccc3)oc12. The summed E-state index contributed by atoms with van der Waals surface area (Å²) in [5.41, 5.74) is 2.08. The molecule has 1 heterocycles. The number of nitrogens with one attached hydrogen (secondary N) is 1. The Balaban J connectivity index is 1.74. The van der Waals surface area contributed by atoms with E-state index >= 15 is 0 Å². The van der Waals surface area contributed by atoms with Crippen molar-refractivity contribution in [2.45, 2.75) is 19.5 Å². The van der Waals surface area contributed by atoms with E-state index in [4.69, 9.17) is 9.15 Å². The number of methoxy groups -OCH3 is 1. The second-order valence-electron chi connectivity index (χ2n) is 5.10. The van der Waals surface area contributed by atoms with E-state index in [2.05, 4.69) is 42.6 Å². The highest BCUT2D eigenvalue weighted by atomic mass is 16.5. The van der Waals surface area contributed by atoms with Crippen molar-refractivity contribution >= 4 is 11.0 Å². The summed E-state index contributed by atoms with van der Waals surface area (Å²) in [7, 11) is 1.66. The summed E-state index contributed by atoms with van der Waals surface area (Å²) in [6.07, 6.45) is 0. The van der Waals surface area contributed by atoms with E-state index in [9.17, 15) is 0 Å². The maximum Gasteiger partial charge on any atom is 0.176 e. The molecule has 0 fully saturated rings. The zero-order valence-electron chi connectivity index (χ0n) is 12.3. The fourth-order valence-electron chi connectivity index (χ4n) is 2.45. The van der Waals surface area contributed by atoms with Crippen LogP contribution in [-0.2, 0) is 6.54 Å². The minimum absolute atomic E-state index is 0.279. The smallest absolute Gasteiger partial charge is 0.176 e. The number of hydrogen-bond donors (Lipinski definition) is 1. The number of rotatable bonds is 5. The van der Waals surface area contributed by atoms with E-state index < -0.39 is 0 Å². The van der Waals surface area contributed by atoms with Crippen LogP contribution in [0.4, 0.5) is 0 Å². The van der Waals surface area contributed by atoms with Crippen LogP contribution in [0.2, 0.25) is 0 Å². The summed E-state index contributed by atoms with van der Waals surface area (Å²) >= 11 is 0. The summed E-state index contributed by atoms with van der Waals surface area (Å²) in [4.78, 5) is 0. The van der Waals surface area contributed by atoms with Crippen LogP contribution in [0.1, 0.15) is 24.3 Å². The highest BCUT2D eigenvalue weighted by Crippen LogP contribution is 2.28. The molecule has 3 heteroatoms. The van der Waals surface area contributed by atoms with Crippen molar-refractivity contribution in [1.29, 1.82) is 0 Å². The monoisotopic (exact) mass is 281 g/mol. The Morgan fingerprint density at radius 3 is 2.67 bits per heavy atom. The van der Waals surface area contributed by atoms with Crippen LogP contribution in [0.5, 0.6) is 5.75 Å². The molecule has 0 bridgehead atoms. The highest BCUT2D eigenvalue weighted by molar-refractivity contribution is 5.83. The largest absolute Gasteiger partial charge is 0.493 e. The molecule has 3 nitrogen and oxygen atoms in total. The standard InChI is InChI=1S/C18H19NO2/c1-13(14-7-4-3-5-8-14)19-12-16-11-15-9-6-10-17(20-2)18(15)21-16/h3-11,13,19H,12H2,1-2H3. The molecule has 0 saturated carbocycles. The van der Waals surface area contributed by atoms with Crippen molar-refractivity contribution in [2.75, 3.05) is 7.11 Å². The third-order valence-electron chi connectivity index (χ3n) is 3.66. The molecule has 2 aromatic carbocycles. The van der Waals surface area contributed by atoms with Gasteiger partial charge in [0.15, 0.2) is 11.3 Å². The van der Waals surface area contributed by atoms with E-state index in [-0.39, 0.29) is 6.04 Å². The molecule has 3 aromatic rings. The van der Waals surface area contributed by atoms with Gasteiger partial charge < -0.3 is 14.5 Å². The third kappa shape index (κ3) is 2.93. The van der Waals surface area contributed by atoms with Crippen molar-refractivity contribution in [3.8, 4) is 5.75 Å². The molecule has 21 heavy (non-hydrogen) atoms. The summed E-state index contributed by atoms with van der Waals surface area (Å²) < 4.78 is 11.2. The second-order valence-corrected chi connectivity index (χ2v) is 5.10. The number of para-hydroxylation sites is 1. The molecule has 0 aliphatic heterocycles. The number of furan rings is 1. The van der Waals surface area contributed by atoms with Crippen molar-refractivity contribution in [2.24, 2.45) is 0 Å². The van der Waals surface area contributed by atoms with Gasteiger partial charge >= 0.3 is 0 Å². The van der Waals surface area contributed by atoms with Gasteiger partial charge in [0.1, 0.15) is 5.76 Å². The lowest BCUT2D eigenvalue weighted by atomic mass is 10.1. The first-order chi connectivity index (χ1) is 10.3. The van der Waals surface area contributed by atoms with Crippen LogP contribution in [0, 0.1) is 0 Å². The molecule has 0 spiro atoms. The van der Waals surface area contributed by atoms with Gasteiger partial charge in [-0.2, -0.15) is 0 Å². The Morgan fingerprint density at radius 1 is 1.10 bits per heavy atom. The minimum Gasteiger partial charge on any atom is -0.493 e. The van der Waals surface area contributed by atoms with Gasteiger partial charge in [0.25, 0.3) is 0 Å². The highest BCUT2D eigenvalue weighted by Gasteiger charge is 2.10. The van der Waals surface area contributed by atoms with Gasteiger partial charge in [0, 0.05) is 11.4 Å². The van der Waals surface area contributed by atoms with Crippen molar-refractivity contribution < 1.29 is 9.15 Å². The molecule has 0 saturated heterocycles. The molecule has 0 aliphatic carbocycles. The second kappa shape index (κ2) is 6.02. The molecular formula is C18H19NO2.